The zero-order valence-electron chi connectivity index (χ0n) is 15.7. The van der Waals surface area contributed by atoms with Crippen LogP contribution in [-0.2, 0) is 19.1 Å². The summed E-state index contributed by atoms with van der Waals surface area (Å²) in [6.45, 7) is 9.89. The molecule has 0 unspecified atom stereocenters. The number of aliphatic hydroxyl groups is 2. The van der Waals surface area contributed by atoms with Crippen LogP contribution in [0.5, 0.6) is 0 Å². The van der Waals surface area contributed by atoms with Crippen LogP contribution in [0.1, 0.15) is 47.5 Å². The average molecular weight is 360 g/mol. The van der Waals surface area contributed by atoms with Crippen LogP contribution in [0.4, 0.5) is 0 Å². The second-order valence-corrected chi connectivity index (χ2v) is 6.81. The predicted molar refractivity (Wildman–Crippen MR) is 92.5 cm³/mol. The topological polar surface area (TPSA) is 125 Å². The van der Waals surface area contributed by atoms with E-state index in [0.717, 1.165) is 6.42 Å². The van der Waals surface area contributed by atoms with Gasteiger partial charge in [0.05, 0.1) is 6.61 Å². The molecule has 0 aliphatic carbocycles. The van der Waals surface area contributed by atoms with Crippen molar-refractivity contribution >= 4 is 17.8 Å². The minimum Gasteiger partial charge on any atom is -0.464 e. The van der Waals surface area contributed by atoms with Gasteiger partial charge in [-0.1, -0.05) is 27.7 Å². The summed E-state index contributed by atoms with van der Waals surface area (Å²) in [7, 11) is 0. The number of esters is 1. The van der Waals surface area contributed by atoms with Crippen LogP contribution in [0, 0.1) is 11.8 Å². The van der Waals surface area contributed by atoms with Gasteiger partial charge in [-0.3, -0.25) is 9.59 Å². The number of carbonyl (C=O) groups is 3. The third-order valence-corrected chi connectivity index (χ3v) is 3.46. The molecule has 0 aromatic heterocycles. The molecule has 0 rings (SSSR count). The molecule has 146 valence electrons. The van der Waals surface area contributed by atoms with Crippen LogP contribution in [0.25, 0.3) is 0 Å². The molecular formula is C17H32N2O6. The molecular weight excluding hydrogens is 328 g/mol. The van der Waals surface area contributed by atoms with Crippen molar-refractivity contribution in [1.29, 1.82) is 0 Å². The van der Waals surface area contributed by atoms with E-state index in [-0.39, 0.29) is 18.4 Å². The summed E-state index contributed by atoms with van der Waals surface area (Å²) in [6.07, 6.45) is -2.83. The maximum Gasteiger partial charge on any atom is 0.338 e. The molecule has 8 heteroatoms. The number of ether oxygens (including phenoxy) is 1. The normalized spacial score (nSPS) is 14.8. The molecule has 0 aromatic carbocycles. The fourth-order valence-electron chi connectivity index (χ4n) is 2.07. The molecule has 0 aromatic rings. The van der Waals surface area contributed by atoms with E-state index in [2.05, 4.69) is 15.4 Å². The third-order valence-electron chi connectivity index (χ3n) is 3.46. The number of rotatable bonds is 11. The highest BCUT2D eigenvalue weighted by Crippen LogP contribution is 2.07. The molecule has 0 saturated carbocycles. The van der Waals surface area contributed by atoms with Crippen molar-refractivity contribution in [3.8, 4) is 0 Å². The van der Waals surface area contributed by atoms with Gasteiger partial charge in [0.2, 0.25) is 5.91 Å². The molecule has 0 radical (unpaired) electrons. The zero-order valence-corrected chi connectivity index (χ0v) is 15.7. The summed E-state index contributed by atoms with van der Waals surface area (Å²) >= 11 is 0. The Morgan fingerprint density at radius 2 is 1.56 bits per heavy atom. The van der Waals surface area contributed by atoms with Crippen LogP contribution in [0.3, 0.4) is 0 Å². The Bertz CT molecular complexity index is 439. The largest absolute Gasteiger partial charge is 0.464 e. The lowest BCUT2D eigenvalue weighted by atomic mass is 10.0. The van der Waals surface area contributed by atoms with Crippen molar-refractivity contribution in [2.75, 3.05) is 13.2 Å². The number of carbonyl (C=O) groups excluding carboxylic acids is 3. The first-order chi connectivity index (χ1) is 11.6. The lowest BCUT2D eigenvalue weighted by Gasteiger charge is -2.23. The molecule has 3 atom stereocenters. The SMILES string of the molecule is CCOC(=O)[C@H](O)[C@@H](O)C(=O)N[C@@H](CC(C)C)C(=O)NCCC(C)C. The van der Waals surface area contributed by atoms with E-state index < -0.39 is 30.1 Å². The van der Waals surface area contributed by atoms with Gasteiger partial charge < -0.3 is 25.6 Å². The fraction of sp³-hybridized carbons (Fsp3) is 0.824. The number of amides is 2. The Kier molecular flexibility index (Phi) is 11.0. The minimum absolute atomic E-state index is 0.0124. The van der Waals surface area contributed by atoms with Gasteiger partial charge in [0.1, 0.15) is 6.04 Å². The molecule has 0 bridgehead atoms. The van der Waals surface area contributed by atoms with Crippen LogP contribution in [0.2, 0.25) is 0 Å². The van der Waals surface area contributed by atoms with Gasteiger partial charge in [-0.2, -0.15) is 0 Å². The molecule has 0 spiro atoms. The van der Waals surface area contributed by atoms with Crippen molar-refractivity contribution in [2.24, 2.45) is 11.8 Å². The van der Waals surface area contributed by atoms with Crippen molar-refractivity contribution in [2.45, 2.75) is 65.7 Å². The van der Waals surface area contributed by atoms with E-state index in [1.165, 1.54) is 6.92 Å². The predicted octanol–water partition coefficient (Wildman–Crippen LogP) is -0.0355. The second-order valence-electron chi connectivity index (χ2n) is 6.81. The molecule has 0 saturated heterocycles. The number of hydrogen-bond donors (Lipinski definition) is 4. The molecule has 0 heterocycles. The molecule has 4 N–H and O–H groups in total. The summed E-state index contributed by atoms with van der Waals surface area (Å²) in [6, 6.07) is -0.858. The monoisotopic (exact) mass is 360 g/mol. The quantitative estimate of drug-likeness (QED) is 0.383. The van der Waals surface area contributed by atoms with E-state index in [9.17, 15) is 24.6 Å². The van der Waals surface area contributed by atoms with Crippen LogP contribution >= 0.6 is 0 Å². The van der Waals surface area contributed by atoms with E-state index in [0.29, 0.717) is 18.9 Å². The zero-order chi connectivity index (χ0) is 19.6. The van der Waals surface area contributed by atoms with Crippen molar-refractivity contribution < 1.29 is 29.3 Å². The Morgan fingerprint density at radius 1 is 0.960 bits per heavy atom. The van der Waals surface area contributed by atoms with Gasteiger partial charge >= 0.3 is 5.97 Å². The van der Waals surface area contributed by atoms with Gasteiger partial charge in [0.15, 0.2) is 12.2 Å². The molecule has 0 fully saturated rings. The van der Waals surface area contributed by atoms with Crippen LogP contribution in [0.15, 0.2) is 0 Å². The number of nitrogens with one attached hydrogen (secondary N) is 2. The molecule has 0 aliphatic rings. The summed E-state index contributed by atoms with van der Waals surface area (Å²) in [5, 5.41) is 24.6. The maximum atomic E-state index is 12.3. The third kappa shape index (κ3) is 9.40. The van der Waals surface area contributed by atoms with Crippen molar-refractivity contribution in [1.82, 2.24) is 10.6 Å². The van der Waals surface area contributed by atoms with Gasteiger partial charge in [-0.25, -0.2) is 4.79 Å². The molecule has 8 nitrogen and oxygen atoms in total. The smallest absolute Gasteiger partial charge is 0.338 e. The van der Waals surface area contributed by atoms with Gasteiger partial charge in [-0.15, -0.1) is 0 Å². The van der Waals surface area contributed by atoms with Gasteiger partial charge in [0, 0.05) is 6.54 Å². The Balaban J connectivity index is 4.80. The van der Waals surface area contributed by atoms with E-state index in [4.69, 9.17) is 0 Å². The highest BCUT2D eigenvalue weighted by Gasteiger charge is 2.33. The lowest BCUT2D eigenvalue weighted by Crippen LogP contribution is -2.53. The van der Waals surface area contributed by atoms with E-state index in [1.54, 1.807) is 0 Å². The summed E-state index contributed by atoms with van der Waals surface area (Å²) in [5.74, 6) is -1.90. The minimum atomic E-state index is -2.00. The summed E-state index contributed by atoms with van der Waals surface area (Å²) < 4.78 is 4.56. The van der Waals surface area contributed by atoms with Crippen LogP contribution < -0.4 is 10.6 Å². The highest BCUT2D eigenvalue weighted by atomic mass is 16.5. The molecule has 0 aliphatic heterocycles. The Morgan fingerprint density at radius 3 is 2.04 bits per heavy atom. The average Bonchev–Trinajstić information content (AvgIpc) is 2.51. The number of aliphatic hydroxyl groups excluding tert-OH is 2. The van der Waals surface area contributed by atoms with Crippen LogP contribution in [-0.4, -0.2) is 59.4 Å². The van der Waals surface area contributed by atoms with Crippen molar-refractivity contribution in [3.63, 3.8) is 0 Å². The standard InChI is InChI=1S/C17H32N2O6/c1-6-25-17(24)14(21)13(20)16(23)19-12(9-11(4)5)15(22)18-8-7-10(2)3/h10-14,20-21H,6-9H2,1-5H3,(H,18,22)(H,19,23)/t12-,13+,14+/m0/s1. The Hall–Kier alpha value is -1.67. The molecule has 2 amide bonds. The number of hydrogen-bond acceptors (Lipinski definition) is 6. The van der Waals surface area contributed by atoms with Gasteiger partial charge in [-0.05, 0) is 31.6 Å². The first-order valence-electron chi connectivity index (χ1n) is 8.70. The second kappa shape index (κ2) is 11.8. The van der Waals surface area contributed by atoms with Crippen molar-refractivity contribution in [3.05, 3.63) is 0 Å². The first kappa shape index (κ1) is 23.3. The van der Waals surface area contributed by atoms with Gasteiger partial charge in [0.25, 0.3) is 5.91 Å². The fourth-order valence-corrected chi connectivity index (χ4v) is 2.07. The first-order valence-corrected chi connectivity index (χ1v) is 8.70. The van der Waals surface area contributed by atoms with E-state index in [1.807, 2.05) is 27.7 Å². The lowest BCUT2D eigenvalue weighted by molar-refractivity contribution is -0.163. The summed E-state index contributed by atoms with van der Waals surface area (Å²) in [5.41, 5.74) is 0. The highest BCUT2D eigenvalue weighted by molar-refractivity contribution is 5.92. The van der Waals surface area contributed by atoms with E-state index >= 15 is 0 Å². The Labute approximate surface area is 149 Å². The maximum absolute atomic E-state index is 12.3. The molecule has 25 heavy (non-hydrogen) atoms. The summed E-state index contributed by atoms with van der Waals surface area (Å²) in [4.78, 5) is 35.7.